The van der Waals surface area contributed by atoms with Gasteiger partial charge in [0.2, 0.25) is 0 Å². The fraction of sp³-hybridized carbons (Fsp3) is 0.375. The molecule has 0 radical (unpaired) electrons. The first-order valence-electron chi connectivity index (χ1n) is 7.36. The number of carbonyl (C=O) groups is 1. The van der Waals surface area contributed by atoms with E-state index in [1.54, 1.807) is 17.8 Å². The van der Waals surface area contributed by atoms with Crippen LogP contribution in [0, 0.1) is 0 Å². The Morgan fingerprint density at radius 1 is 1.41 bits per heavy atom. The Morgan fingerprint density at radius 3 is 2.82 bits per heavy atom. The maximum Gasteiger partial charge on any atom is 0.260 e. The highest BCUT2D eigenvalue weighted by Crippen LogP contribution is 2.24. The van der Waals surface area contributed by atoms with Gasteiger partial charge in [0.15, 0.2) is 6.10 Å². The Hall–Kier alpha value is -2.01. The summed E-state index contributed by atoms with van der Waals surface area (Å²) in [6, 6.07) is 9.57. The van der Waals surface area contributed by atoms with Gasteiger partial charge < -0.3 is 10.1 Å². The molecular formula is C16H20ClN3O2. The van der Waals surface area contributed by atoms with Crippen LogP contribution in [0.3, 0.4) is 0 Å². The lowest BCUT2D eigenvalue weighted by atomic mass is 10.3. The number of hydrogen-bond acceptors (Lipinski definition) is 3. The fourth-order valence-electron chi connectivity index (χ4n) is 1.88. The number of nitrogens with one attached hydrogen (secondary N) is 1. The third-order valence-electron chi connectivity index (χ3n) is 3.15. The summed E-state index contributed by atoms with van der Waals surface area (Å²) in [5.41, 5.74) is 0.874. The minimum Gasteiger partial charge on any atom is -0.462 e. The topological polar surface area (TPSA) is 56.1 Å². The fourth-order valence-corrected chi connectivity index (χ4v) is 2.06. The van der Waals surface area contributed by atoms with E-state index in [1.165, 1.54) is 0 Å². The second-order valence-electron chi connectivity index (χ2n) is 4.97. The van der Waals surface area contributed by atoms with E-state index in [0.717, 1.165) is 18.5 Å². The number of ether oxygens (including phenoxy) is 1. The first-order chi connectivity index (χ1) is 10.6. The van der Waals surface area contributed by atoms with Crippen LogP contribution in [0.5, 0.6) is 5.88 Å². The SMILES string of the molecule is CCCCNC(=O)[C@@H](C)Oc1nn(-c2ccccc2)cc1Cl. The third kappa shape index (κ3) is 4.24. The molecule has 6 heteroatoms. The van der Waals surface area contributed by atoms with Crippen molar-refractivity contribution in [2.45, 2.75) is 32.8 Å². The molecule has 1 aromatic heterocycles. The summed E-state index contributed by atoms with van der Waals surface area (Å²) in [7, 11) is 0. The number of benzene rings is 1. The van der Waals surface area contributed by atoms with Gasteiger partial charge in [-0.1, -0.05) is 43.1 Å². The van der Waals surface area contributed by atoms with Crippen molar-refractivity contribution in [1.82, 2.24) is 15.1 Å². The van der Waals surface area contributed by atoms with Crippen molar-refractivity contribution < 1.29 is 9.53 Å². The average molecular weight is 322 g/mol. The van der Waals surface area contributed by atoms with Crippen LogP contribution in [0.1, 0.15) is 26.7 Å². The van der Waals surface area contributed by atoms with Crippen molar-refractivity contribution in [3.63, 3.8) is 0 Å². The molecule has 0 saturated heterocycles. The van der Waals surface area contributed by atoms with Crippen molar-refractivity contribution in [3.8, 4) is 11.6 Å². The van der Waals surface area contributed by atoms with Gasteiger partial charge in [0.25, 0.3) is 11.8 Å². The van der Waals surface area contributed by atoms with Gasteiger partial charge in [-0.3, -0.25) is 4.79 Å². The van der Waals surface area contributed by atoms with Crippen molar-refractivity contribution in [3.05, 3.63) is 41.6 Å². The highest BCUT2D eigenvalue weighted by atomic mass is 35.5. The van der Waals surface area contributed by atoms with Gasteiger partial charge in [0, 0.05) is 6.54 Å². The molecule has 0 saturated carbocycles. The zero-order chi connectivity index (χ0) is 15.9. The molecular weight excluding hydrogens is 302 g/mol. The van der Waals surface area contributed by atoms with Gasteiger partial charge >= 0.3 is 0 Å². The maximum absolute atomic E-state index is 11.9. The van der Waals surface area contributed by atoms with Gasteiger partial charge in [-0.25, -0.2) is 4.68 Å². The summed E-state index contributed by atoms with van der Waals surface area (Å²) >= 11 is 6.13. The molecule has 118 valence electrons. The first-order valence-corrected chi connectivity index (χ1v) is 7.74. The number of unbranched alkanes of at least 4 members (excludes halogenated alkanes) is 1. The molecule has 2 rings (SSSR count). The Balaban J connectivity index is 2.01. The van der Waals surface area contributed by atoms with Crippen molar-refractivity contribution >= 4 is 17.5 Å². The lowest BCUT2D eigenvalue weighted by Crippen LogP contribution is -2.36. The summed E-state index contributed by atoms with van der Waals surface area (Å²) in [6.45, 7) is 4.40. The number of carbonyl (C=O) groups excluding carboxylic acids is 1. The van der Waals surface area contributed by atoms with Crippen LogP contribution in [0.2, 0.25) is 5.02 Å². The number of nitrogens with zero attached hydrogens (tertiary/aromatic N) is 2. The average Bonchev–Trinajstić information content (AvgIpc) is 2.89. The van der Waals surface area contributed by atoms with E-state index in [1.807, 2.05) is 30.3 Å². The van der Waals surface area contributed by atoms with Crippen LogP contribution in [-0.4, -0.2) is 28.3 Å². The third-order valence-corrected chi connectivity index (χ3v) is 3.41. The van der Waals surface area contributed by atoms with Crippen molar-refractivity contribution in [1.29, 1.82) is 0 Å². The van der Waals surface area contributed by atoms with E-state index in [2.05, 4.69) is 17.3 Å². The van der Waals surface area contributed by atoms with E-state index in [9.17, 15) is 4.79 Å². The Kier molecular flexibility index (Phi) is 5.83. The molecule has 0 fully saturated rings. The minimum absolute atomic E-state index is 0.168. The molecule has 1 amide bonds. The van der Waals surface area contributed by atoms with Crippen molar-refractivity contribution in [2.75, 3.05) is 6.54 Å². The van der Waals surface area contributed by atoms with E-state index in [4.69, 9.17) is 16.3 Å². The molecule has 0 unspecified atom stereocenters. The minimum atomic E-state index is -0.645. The standard InChI is InChI=1S/C16H20ClN3O2/c1-3-4-10-18-15(21)12(2)22-16-14(17)11-20(19-16)13-8-6-5-7-9-13/h5-9,11-12H,3-4,10H2,1-2H3,(H,18,21)/t12-/m1/s1. The summed E-state index contributed by atoms with van der Waals surface area (Å²) < 4.78 is 7.19. The van der Waals surface area contributed by atoms with Crippen LogP contribution >= 0.6 is 11.6 Å². The molecule has 5 nitrogen and oxygen atoms in total. The molecule has 2 aromatic rings. The molecule has 0 aliphatic carbocycles. The van der Waals surface area contributed by atoms with E-state index >= 15 is 0 Å². The summed E-state index contributed by atoms with van der Waals surface area (Å²) in [4.78, 5) is 11.9. The Morgan fingerprint density at radius 2 is 2.14 bits per heavy atom. The highest BCUT2D eigenvalue weighted by Gasteiger charge is 2.18. The second-order valence-corrected chi connectivity index (χ2v) is 5.37. The largest absolute Gasteiger partial charge is 0.462 e. The van der Waals surface area contributed by atoms with Crippen LogP contribution in [0.25, 0.3) is 5.69 Å². The zero-order valence-corrected chi connectivity index (χ0v) is 13.5. The van der Waals surface area contributed by atoms with E-state index < -0.39 is 6.10 Å². The number of rotatable bonds is 7. The van der Waals surface area contributed by atoms with Crippen LogP contribution in [-0.2, 0) is 4.79 Å². The van der Waals surface area contributed by atoms with Gasteiger partial charge in [-0.05, 0) is 25.5 Å². The van der Waals surface area contributed by atoms with Gasteiger partial charge in [0.05, 0.1) is 11.9 Å². The molecule has 1 atom stereocenters. The lowest BCUT2D eigenvalue weighted by Gasteiger charge is -2.12. The maximum atomic E-state index is 11.9. The molecule has 0 aliphatic heterocycles. The van der Waals surface area contributed by atoms with Gasteiger partial charge in [-0.2, -0.15) is 0 Å². The molecule has 1 aromatic carbocycles. The second kappa shape index (κ2) is 7.84. The summed E-state index contributed by atoms with van der Waals surface area (Å²) in [5.74, 6) is 0.0856. The number of halogens is 1. The number of para-hydroxylation sites is 1. The molecule has 22 heavy (non-hydrogen) atoms. The zero-order valence-electron chi connectivity index (χ0n) is 12.8. The van der Waals surface area contributed by atoms with Crippen LogP contribution in [0.4, 0.5) is 0 Å². The summed E-state index contributed by atoms with van der Waals surface area (Å²) in [5, 5.41) is 7.47. The molecule has 1 N–H and O–H groups in total. The van der Waals surface area contributed by atoms with E-state index in [-0.39, 0.29) is 11.8 Å². The van der Waals surface area contributed by atoms with Crippen LogP contribution < -0.4 is 10.1 Å². The monoisotopic (exact) mass is 321 g/mol. The normalized spacial score (nSPS) is 12.0. The number of amides is 1. The number of hydrogen-bond donors (Lipinski definition) is 1. The molecule has 1 heterocycles. The van der Waals surface area contributed by atoms with Crippen LogP contribution in [0.15, 0.2) is 36.5 Å². The Bertz CT molecular complexity index is 613. The highest BCUT2D eigenvalue weighted by molar-refractivity contribution is 6.31. The smallest absolute Gasteiger partial charge is 0.260 e. The molecule has 0 spiro atoms. The quantitative estimate of drug-likeness (QED) is 0.797. The van der Waals surface area contributed by atoms with Gasteiger partial charge in [0.1, 0.15) is 5.02 Å². The first kappa shape index (κ1) is 16.4. The Labute approximate surface area is 135 Å². The number of aromatic nitrogens is 2. The van der Waals surface area contributed by atoms with E-state index in [0.29, 0.717) is 11.6 Å². The van der Waals surface area contributed by atoms with Gasteiger partial charge in [-0.15, -0.1) is 5.10 Å². The summed E-state index contributed by atoms with van der Waals surface area (Å²) in [6.07, 6.45) is 2.99. The molecule has 0 aliphatic rings. The molecule has 0 bridgehead atoms. The van der Waals surface area contributed by atoms with Crippen molar-refractivity contribution in [2.24, 2.45) is 0 Å². The predicted octanol–water partition coefficient (Wildman–Crippen LogP) is 3.21. The lowest BCUT2D eigenvalue weighted by molar-refractivity contribution is -0.127. The predicted molar refractivity (Wildman–Crippen MR) is 86.6 cm³/mol.